The van der Waals surface area contributed by atoms with Crippen molar-refractivity contribution in [1.29, 1.82) is 0 Å². The number of aliphatic carboxylic acids is 1. The fraction of sp³-hybridized carbons (Fsp3) is 0.562. The molecule has 4 heterocycles. The summed E-state index contributed by atoms with van der Waals surface area (Å²) < 4.78 is 3.05. The van der Waals surface area contributed by atoms with Gasteiger partial charge in [0.2, 0.25) is 0 Å². The van der Waals surface area contributed by atoms with Crippen LogP contribution in [-0.4, -0.2) is 48.2 Å². The van der Waals surface area contributed by atoms with Gasteiger partial charge in [-0.2, -0.15) is 0 Å². The Hall–Kier alpha value is -3.26. The Morgan fingerprint density at radius 3 is 2.23 bits per heavy atom. The van der Waals surface area contributed by atoms with E-state index in [9.17, 15) is 19.5 Å². The van der Waals surface area contributed by atoms with Gasteiger partial charge in [0, 0.05) is 30.4 Å². The number of piperidine rings is 2. The van der Waals surface area contributed by atoms with E-state index in [1.54, 1.807) is 12.1 Å². The van der Waals surface area contributed by atoms with Crippen LogP contribution in [0.2, 0.25) is 0 Å². The second-order valence-corrected chi connectivity index (χ2v) is 12.7. The molecule has 2 aliphatic carbocycles. The van der Waals surface area contributed by atoms with Crippen LogP contribution in [0.15, 0.2) is 52.2 Å². The molecule has 4 aliphatic rings. The van der Waals surface area contributed by atoms with Gasteiger partial charge in [0.25, 0.3) is 11.1 Å². The van der Waals surface area contributed by atoms with Gasteiger partial charge in [0.05, 0.1) is 16.6 Å². The zero-order valence-electron chi connectivity index (χ0n) is 23.0. The zero-order chi connectivity index (χ0) is 27.4. The largest absolute Gasteiger partial charge is 0.480 e. The van der Waals surface area contributed by atoms with E-state index in [0.29, 0.717) is 23.6 Å². The minimum Gasteiger partial charge on any atom is -0.480 e. The molecule has 1 aromatic carbocycles. The molecule has 2 aliphatic heterocycles. The van der Waals surface area contributed by atoms with E-state index in [1.807, 2.05) is 28.8 Å². The summed E-state index contributed by atoms with van der Waals surface area (Å²) in [5, 5.41) is 9.26. The van der Waals surface area contributed by atoms with Gasteiger partial charge in [-0.05, 0) is 81.0 Å². The molecule has 6 atom stereocenters. The van der Waals surface area contributed by atoms with Gasteiger partial charge >= 0.3 is 5.97 Å². The number of fused-ring (bicyclic) bond motifs is 5. The third kappa shape index (κ3) is 4.50. The molecule has 8 heteroatoms. The SMILES string of the molecule is O=C(O)Cn1cccc(-c2nc3ccccc3n(C3C[C@H]4CCC[C@@H](C3)N4C3C[C@H]4CCC[C@@H](C3)C4)c2=O)c1=O. The molecule has 3 aromatic rings. The highest BCUT2D eigenvalue weighted by Crippen LogP contribution is 2.47. The van der Waals surface area contributed by atoms with E-state index in [2.05, 4.69) is 9.88 Å². The van der Waals surface area contributed by atoms with Crippen LogP contribution in [0.5, 0.6) is 0 Å². The number of rotatable bonds is 5. The number of para-hydroxylation sites is 2. The van der Waals surface area contributed by atoms with Crippen molar-refractivity contribution >= 4 is 17.0 Å². The summed E-state index contributed by atoms with van der Waals surface area (Å²) in [5.74, 6) is 0.672. The Morgan fingerprint density at radius 1 is 0.800 bits per heavy atom. The summed E-state index contributed by atoms with van der Waals surface area (Å²) in [4.78, 5) is 46.4. The lowest BCUT2D eigenvalue weighted by Gasteiger charge is -2.55. The van der Waals surface area contributed by atoms with Gasteiger partial charge in [-0.3, -0.25) is 19.3 Å². The smallest absolute Gasteiger partial charge is 0.323 e. The standard InChI is InChI=1S/C32H38N4O4/c37-29(38)19-34-13-5-10-26(31(34)39)30-32(40)36(28-12-2-1-11-27(28)33-30)25-17-22-8-4-9-23(18-25)35(22)24-15-20-6-3-7-21(14-20)16-24/h1-2,5,10-13,20-25H,3-4,6-9,14-19H2,(H,37,38)/t20-,21+,22-,23+,24?,25?. The van der Waals surface area contributed by atoms with Crippen LogP contribution in [0.4, 0.5) is 0 Å². The Bertz CT molecular complexity index is 1530. The van der Waals surface area contributed by atoms with Crippen LogP contribution in [-0.2, 0) is 11.3 Å². The Labute approximate surface area is 233 Å². The average molecular weight is 543 g/mol. The van der Waals surface area contributed by atoms with Crippen molar-refractivity contribution in [3.8, 4) is 11.3 Å². The normalized spacial score (nSPS) is 30.3. The molecule has 8 nitrogen and oxygen atoms in total. The van der Waals surface area contributed by atoms with Crippen LogP contribution in [0, 0.1) is 11.8 Å². The molecule has 0 spiro atoms. The lowest BCUT2D eigenvalue weighted by Crippen LogP contribution is -2.58. The van der Waals surface area contributed by atoms with Gasteiger partial charge < -0.3 is 14.2 Å². The lowest BCUT2D eigenvalue weighted by molar-refractivity contribution is -0.137. The van der Waals surface area contributed by atoms with Crippen LogP contribution >= 0.6 is 0 Å². The predicted molar refractivity (Wildman–Crippen MR) is 153 cm³/mol. The first-order valence-corrected chi connectivity index (χ1v) is 15.2. The van der Waals surface area contributed by atoms with Gasteiger partial charge in [0.1, 0.15) is 12.2 Å². The molecule has 210 valence electrons. The molecule has 4 bridgehead atoms. The molecule has 4 fully saturated rings. The summed E-state index contributed by atoms with van der Waals surface area (Å²) >= 11 is 0. The number of hydrogen-bond acceptors (Lipinski definition) is 5. The second kappa shape index (κ2) is 10.3. The van der Waals surface area contributed by atoms with Crippen LogP contribution in [0.3, 0.4) is 0 Å². The monoisotopic (exact) mass is 542 g/mol. The quantitative estimate of drug-likeness (QED) is 0.496. The van der Waals surface area contributed by atoms with Crippen molar-refractivity contribution in [3.63, 3.8) is 0 Å². The number of aromatic nitrogens is 3. The first-order chi connectivity index (χ1) is 19.5. The molecule has 2 unspecified atom stereocenters. The van der Waals surface area contributed by atoms with Crippen LogP contribution in [0.1, 0.15) is 76.7 Å². The summed E-state index contributed by atoms with van der Waals surface area (Å²) in [6.07, 6.45) is 15.2. The molecular weight excluding hydrogens is 504 g/mol. The molecule has 7 rings (SSSR count). The number of nitrogens with zero attached hydrogens (tertiary/aromatic N) is 4. The predicted octanol–water partition coefficient (Wildman–Crippen LogP) is 4.84. The van der Waals surface area contributed by atoms with Crippen molar-refractivity contribution in [1.82, 2.24) is 19.0 Å². The van der Waals surface area contributed by atoms with Gasteiger partial charge in [-0.25, -0.2) is 4.98 Å². The van der Waals surface area contributed by atoms with Crippen molar-refractivity contribution in [2.45, 2.75) is 101 Å². The third-order valence-corrected chi connectivity index (χ3v) is 10.3. The van der Waals surface area contributed by atoms with Gasteiger partial charge in [-0.15, -0.1) is 0 Å². The minimum absolute atomic E-state index is 0.0405. The summed E-state index contributed by atoms with van der Waals surface area (Å²) in [6, 6.07) is 12.6. The van der Waals surface area contributed by atoms with Gasteiger partial charge in [0.15, 0.2) is 0 Å². The third-order valence-electron chi connectivity index (χ3n) is 10.3. The van der Waals surface area contributed by atoms with Crippen molar-refractivity contribution in [2.75, 3.05) is 0 Å². The van der Waals surface area contributed by atoms with E-state index < -0.39 is 18.1 Å². The van der Waals surface area contributed by atoms with E-state index in [1.165, 1.54) is 64.0 Å². The molecule has 0 amide bonds. The second-order valence-electron chi connectivity index (χ2n) is 12.7. The maximum Gasteiger partial charge on any atom is 0.323 e. The minimum atomic E-state index is -1.11. The van der Waals surface area contributed by atoms with Crippen molar-refractivity contribution in [3.05, 3.63) is 63.3 Å². The summed E-state index contributed by atoms with van der Waals surface area (Å²) in [7, 11) is 0. The number of carboxylic acids is 1. The Kier molecular flexibility index (Phi) is 6.61. The molecule has 1 N–H and O–H groups in total. The number of pyridine rings is 1. The van der Waals surface area contributed by atoms with E-state index in [4.69, 9.17) is 0 Å². The highest BCUT2D eigenvalue weighted by molar-refractivity contribution is 5.78. The number of hydrogen-bond donors (Lipinski definition) is 1. The molecular formula is C32H38N4O4. The lowest BCUT2D eigenvalue weighted by atomic mass is 9.68. The Balaban J connectivity index is 1.27. The highest BCUT2D eigenvalue weighted by Gasteiger charge is 2.45. The average Bonchev–Trinajstić information content (AvgIpc) is 2.93. The fourth-order valence-corrected chi connectivity index (χ4v) is 8.82. The van der Waals surface area contributed by atoms with Crippen LogP contribution < -0.4 is 11.1 Å². The summed E-state index contributed by atoms with van der Waals surface area (Å²) in [6.45, 7) is -0.459. The van der Waals surface area contributed by atoms with E-state index in [0.717, 1.165) is 34.8 Å². The molecule has 2 aromatic heterocycles. The topological polar surface area (TPSA) is 97.4 Å². The maximum absolute atomic E-state index is 14.2. The molecule has 2 saturated carbocycles. The molecule has 40 heavy (non-hydrogen) atoms. The molecule has 2 saturated heterocycles. The van der Waals surface area contributed by atoms with Crippen LogP contribution in [0.25, 0.3) is 22.3 Å². The number of carbonyl (C=O) groups is 1. The number of carboxylic acid groups (broad SMARTS) is 1. The van der Waals surface area contributed by atoms with E-state index in [-0.39, 0.29) is 22.9 Å². The number of benzene rings is 1. The first-order valence-electron chi connectivity index (χ1n) is 15.2. The van der Waals surface area contributed by atoms with Crippen molar-refractivity contribution < 1.29 is 9.90 Å². The Morgan fingerprint density at radius 2 is 1.50 bits per heavy atom. The van der Waals surface area contributed by atoms with E-state index >= 15 is 0 Å². The molecule has 0 radical (unpaired) electrons. The zero-order valence-corrected chi connectivity index (χ0v) is 23.0. The first kappa shape index (κ1) is 25.7. The fourth-order valence-electron chi connectivity index (χ4n) is 8.82. The van der Waals surface area contributed by atoms with Gasteiger partial charge in [-0.1, -0.05) is 37.8 Å². The van der Waals surface area contributed by atoms with Crippen molar-refractivity contribution in [2.24, 2.45) is 11.8 Å². The highest BCUT2D eigenvalue weighted by atomic mass is 16.4. The maximum atomic E-state index is 14.2. The summed E-state index contributed by atoms with van der Waals surface area (Å²) in [5.41, 5.74) is 0.980.